The third-order valence-corrected chi connectivity index (χ3v) is 3.32. The lowest BCUT2D eigenvalue weighted by Gasteiger charge is -1.96. The lowest BCUT2D eigenvalue weighted by Crippen LogP contribution is -2.13. The van der Waals surface area contributed by atoms with Crippen molar-refractivity contribution in [2.75, 3.05) is 6.54 Å². The van der Waals surface area contributed by atoms with Gasteiger partial charge in [-0.25, -0.2) is 0 Å². The summed E-state index contributed by atoms with van der Waals surface area (Å²) in [4.78, 5) is 0. The predicted molar refractivity (Wildman–Crippen MR) is 67.3 cm³/mol. The molecule has 0 radical (unpaired) electrons. The average molecular weight is 302 g/mol. The van der Waals surface area contributed by atoms with Crippen LogP contribution in [0, 0.1) is 0 Å². The Morgan fingerprint density at radius 2 is 2.31 bits per heavy atom. The van der Waals surface area contributed by atoms with E-state index in [1.165, 1.54) is 0 Å². The highest BCUT2D eigenvalue weighted by Gasteiger charge is 2.09. The van der Waals surface area contributed by atoms with E-state index >= 15 is 0 Å². The molecule has 0 saturated heterocycles. The molecule has 2 aromatic heterocycles. The first-order chi connectivity index (χ1) is 7.79. The molecule has 0 spiro atoms. The zero-order valence-corrected chi connectivity index (χ0v) is 11.3. The molecule has 0 atom stereocenters. The van der Waals surface area contributed by atoms with Crippen LogP contribution in [0.3, 0.4) is 0 Å². The van der Waals surface area contributed by atoms with Gasteiger partial charge in [0, 0.05) is 6.54 Å². The maximum Gasteiger partial charge on any atom is 0.183 e. The van der Waals surface area contributed by atoms with Gasteiger partial charge in [0.1, 0.15) is 5.01 Å². The number of halogens is 1. The van der Waals surface area contributed by atoms with Gasteiger partial charge >= 0.3 is 0 Å². The Morgan fingerprint density at radius 1 is 1.44 bits per heavy atom. The van der Waals surface area contributed by atoms with Gasteiger partial charge in [-0.15, -0.1) is 10.2 Å². The molecule has 0 aliphatic heterocycles. The van der Waals surface area contributed by atoms with Gasteiger partial charge in [0.2, 0.25) is 0 Å². The fourth-order valence-corrected chi connectivity index (χ4v) is 2.30. The Bertz CT molecular complexity index is 454. The van der Waals surface area contributed by atoms with Crippen LogP contribution in [0.4, 0.5) is 0 Å². The minimum Gasteiger partial charge on any atom is -0.447 e. The van der Waals surface area contributed by atoms with Crippen molar-refractivity contribution in [3.8, 4) is 10.8 Å². The largest absolute Gasteiger partial charge is 0.447 e. The summed E-state index contributed by atoms with van der Waals surface area (Å²) in [6.07, 6.45) is 1.12. The number of rotatable bonds is 5. The number of hydrogen-bond donors (Lipinski definition) is 1. The van der Waals surface area contributed by atoms with E-state index in [0.29, 0.717) is 4.67 Å². The second-order valence-electron chi connectivity index (χ2n) is 3.28. The van der Waals surface area contributed by atoms with E-state index in [-0.39, 0.29) is 0 Å². The molecular weight excluding hydrogens is 290 g/mol. The van der Waals surface area contributed by atoms with Gasteiger partial charge in [0.25, 0.3) is 0 Å². The van der Waals surface area contributed by atoms with E-state index in [1.54, 1.807) is 11.3 Å². The number of hydrogen-bond acceptors (Lipinski definition) is 5. The van der Waals surface area contributed by atoms with Crippen LogP contribution in [-0.4, -0.2) is 16.7 Å². The minimum atomic E-state index is 0.711. The molecule has 0 aliphatic rings. The van der Waals surface area contributed by atoms with Crippen molar-refractivity contribution < 1.29 is 4.42 Å². The lowest BCUT2D eigenvalue weighted by atomic mass is 10.5. The van der Waals surface area contributed by atoms with Crippen LogP contribution in [0.5, 0.6) is 0 Å². The first-order valence-electron chi connectivity index (χ1n) is 5.08. The number of nitrogens with one attached hydrogen (secondary N) is 1. The molecule has 16 heavy (non-hydrogen) atoms. The van der Waals surface area contributed by atoms with E-state index in [9.17, 15) is 0 Å². The van der Waals surface area contributed by atoms with Crippen LogP contribution in [0.25, 0.3) is 10.8 Å². The van der Waals surface area contributed by atoms with Crippen LogP contribution in [0.15, 0.2) is 21.2 Å². The topological polar surface area (TPSA) is 51.0 Å². The van der Waals surface area contributed by atoms with Crippen molar-refractivity contribution >= 4 is 27.3 Å². The SMILES string of the molecule is CCCNCc1nnc(-c2ccc(Br)o2)s1. The molecular formula is C10H12BrN3OS. The smallest absolute Gasteiger partial charge is 0.183 e. The molecule has 2 rings (SSSR count). The zero-order valence-electron chi connectivity index (χ0n) is 8.86. The standard InChI is InChI=1S/C10H12BrN3OS/c1-2-5-12-6-9-13-14-10(16-9)7-3-4-8(11)15-7/h3-4,12H,2,5-6H2,1H3. The average Bonchev–Trinajstić information content (AvgIpc) is 2.87. The first kappa shape index (κ1) is 11.8. The Labute approximate surface area is 106 Å². The maximum absolute atomic E-state index is 5.41. The van der Waals surface area contributed by atoms with Gasteiger partial charge in [-0.05, 0) is 41.0 Å². The van der Waals surface area contributed by atoms with Crippen molar-refractivity contribution in [2.24, 2.45) is 0 Å². The van der Waals surface area contributed by atoms with Crippen molar-refractivity contribution in [2.45, 2.75) is 19.9 Å². The van der Waals surface area contributed by atoms with Crippen LogP contribution < -0.4 is 5.32 Å². The molecule has 0 amide bonds. The molecule has 0 bridgehead atoms. The summed E-state index contributed by atoms with van der Waals surface area (Å²) in [7, 11) is 0. The third kappa shape index (κ3) is 2.90. The Balaban J connectivity index is 2.02. The van der Waals surface area contributed by atoms with Gasteiger partial charge in [-0.2, -0.15) is 0 Å². The Hall–Kier alpha value is -0.720. The summed E-state index contributed by atoms with van der Waals surface area (Å²) in [6, 6.07) is 3.74. The van der Waals surface area contributed by atoms with Gasteiger partial charge in [0.15, 0.2) is 15.4 Å². The fourth-order valence-electron chi connectivity index (χ4n) is 1.23. The molecule has 0 saturated carbocycles. The predicted octanol–water partition coefficient (Wildman–Crippen LogP) is 3.06. The van der Waals surface area contributed by atoms with Crippen LogP contribution >= 0.6 is 27.3 Å². The van der Waals surface area contributed by atoms with Crippen molar-refractivity contribution in [1.29, 1.82) is 0 Å². The molecule has 4 nitrogen and oxygen atoms in total. The zero-order chi connectivity index (χ0) is 11.4. The second kappa shape index (κ2) is 5.56. The second-order valence-corrected chi connectivity index (χ2v) is 5.13. The van der Waals surface area contributed by atoms with Crippen molar-refractivity contribution in [3.63, 3.8) is 0 Å². The highest BCUT2D eigenvalue weighted by atomic mass is 79.9. The summed E-state index contributed by atoms with van der Waals surface area (Å²) in [6.45, 7) is 3.91. The van der Waals surface area contributed by atoms with Crippen LogP contribution in [0.2, 0.25) is 0 Å². The molecule has 0 unspecified atom stereocenters. The van der Waals surface area contributed by atoms with Crippen LogP contribution in [-0.2, 0) is 6.54 Å². The van der Waals surface area contributed by atoms with Gasteiger partial charge in [0.05, 0.1) is 0 Å². The van der Waals surface area contributed by atoms with E-state index in [4.69, 9.17) is 4.42 Å². The number of nitrogens with zero attached hydrogens (tertiary/aromatic N) is 2. The van der Waals surface area contributed by atoms with E-state index < -0.39 is 0 Å². The Kier molecular flexibility index (Phi) is 4.09. The molecule has 2 heterocycles. The molecule has 0 fully saturated rings. The Morgan fingerprint density at radius 3 is 3.00 bits per heavy atom. The molecule has 1 N–H and O–H groups in total. The first-order valence-corrected chi connectivity index (χ1v) is 6.69. The van der Waals surface area contributed by atoms with E-state index in [2.05, 4.69) is 38.4 Å². The lowest BCUT2D eigenvalue weighted by molar-refractivity contribution is 0.554. The molecule has 6 heteroatoms. The fraction of sp³-hybridized carbons (Fsp3) is 0.400. The van der Waals surface area contributed by atoms with E-state index in [1.807, 2.05) is 12.1 Å². The van der Waals surface area contributed by atoms with Gasteiger partial charge < -0.3 is 9.73 Å². The molecule has 2 aromatic rings. The summed E-state index contributed by atoms with van der Waals surface area (Å²) in [5, 5.41) is 13.3. The summed E-state index contributed by atoms with van der Waals surface area (Å²) in [5.41, 5.74) is 0. The highest BCUT2D eigenvalue weighted by molar-refractivity contribution is 9.10. The van der Waals surface area contributed by atoms with Gasteiger partial charge in [-0.3, -0.25) is 0 Å². The highest BCUT2D eigenvalue weighted by Crippen LogP contribution is 2.27. The summed E-state index contributed by atoms with van der Waals surface area (Å²) < 4.78 is 6.12. The quantitative estimate of drug-likeness (QED) is 0.862. The summed E-state index contributed by atoms with van der Waals surface area (Å²) >= 11 is 4.82. The van der Waals surface area contributed by atoms with E-state index in [0.717, 1.165) is 35.3 Å². The van der Waals surface area contributed by atoms with Crippen molar-refractivity contribution in [1.82, 2.24) is 15.5 Å². The minimum absolute atomic E-state index is 0.711. The number of furan rings is 1. The molecule has 0 aromatic carbocycles. The van der Waals surface area contributed by atoms with Gasteiger partial charge in [-0.1, -0.05) is 18.3 Å². The molecule has 0 aliphatic carbocycles. The summed E-state index contributed by atoms with van der Waals surface area (Å²) in [5.74, 6) is 0.756. The van der Waals surface area contributed by atoms with Crippen LogP contribution in [0.1, 0.15) is 18.4 Å². The number of aromatic nitrogens is 2. The molecule has 86 valence electrons. The third-order valence-electron chi connectivity index (χ3n) is 1.95. The van der Waals surface area contributed by atoms with Crippen molar-refractivity contribution in [3.05, 3.63) is 21.8 Å². The maximum atomic E-state index is 5.41. The monoisotopic (exact) mass is 301 g/mol. The normalized spacial score (nSPS) is 10.9.